The molecule has 1 saturated carbocycles. The zero-order valence-corrected chi connectivity index (χ0v) is 26.0. The molecule has 3 atom stereocenters. The number of aryl methyl sites for hydroxylation is 2. The van der Waals surface area contributed by atoms with Crippen LogP contribution in [-0.2, 0) is 14.1 Å². The van der Waals surface area contributed by atoms with Crippen LogP contribution >= 0.6 is 23.5 Å². The lowest BCUT2D eigenvalue weighted by Crippen LogP contribution is -2.31. The van der Waals surface area contributed by atoms with E-state index in [0.717, 1.165) is 37.1 Å². The molecule has 3 unspecified atom stereocenters. The van der Waals surface area contributed by atoms with E-state index in [4.69, 9.17) is 16.6 Å². The maximum atomic E-state index is 13.7. The summed E-state index contributed by atoms with van der Waals surface area (Å²) in [5, 5.41) is 8.89. The molecule has 2 fully saturated rings. The molecule has 0 spiro atoms. The SMILES string of the molecule is C.CSNC(=O)c1nc(Cl)ccc1NC(C)c1cc(C)cc2c(=O)n(C)c(N3CC4CC(c5ccn(C)n5)CC4C3)nc12. The maximum Gasteiger partial charge on any atom is 0.281 e. The summed E-state index contributed by atoms with van der Waals surface area (Å²) in [5.74, 6) is 1.94. The van der Waals surface area contributed by atoms with Crippen molar-refractivity contribution in [3.05, 3.63) is 74.6 Å². The number of benzene rings is 1. The molecule has 1 aromatic carbocycles. The number of rotatable bonds is 7. The molecule has 228 valence electrons. The average molecular weight is 623 g/mol. The van der Waals surface area contributed by atoms with E-state index in [1.165, 1.54) is 17.6 Å². The van der Waals surface area contributed by atoms with Gasteiger partial charge in [-0.2, -0.15) is 5.10 Å². The quantitative estimate of drug-likeness (QED) is 0.206. The van der Waals surface area contributed by atoms with Gasteiger partial charge in [-0.1, -0.05) is 37.0 Å². The molecule has 4 aromatic rings. The molecule has 1 aliphatic heterocycles. The lowest BCUT2D eigenvalue weighted by Gasteiger charge is -2.24. The van der Waals surface area contributed by atoms with Crippen molar-refractivity contribution in [3.8, 4) is 0 Å². The topological polar surface area (TPSA) is 110 Å². The van der Waals surface area contributed by atoms with E-state index in [0.29, 0.717) is 40.3 Å². The number of nitrogens with zero attached hydrogens (tertiary/aromatic N) is 6. The fourth-order valence-electron chi connectivity index (χ4n) is 6.69. The number of anilines is 2. The Bertz CT molecular complexity index is 1720. The van der Waals surface area contributed by atoms with Gasteiger partial charge in [-0.25, -0.2) is 9.97 Å². The van der Waals surface area contributed by atoms with Crippen LogP contribution in [0.25, 0.3) is 10.9 Å². The number of pyridine rings is 1. The monoisotopic (exact) mass is 622 g/mol. The van der Waals surface area contributed by atoms with Gasteiger partial charge in [-0.05, 0) is 68.4 Å². The molecule has 0 radical (unpaired) electrons. The van der Waals surface area contributed by atoms with Crippen molar-refractivity contribution in [1.82, 2.24) is 29.0 Å². The second-order valence-electron chi connectivity index (χ2n) is 11.6. The number of hydrogen-bond acceptors (Lipinski definition) is 8. The number of carbonyl (C=O) groups is 1. The molecule has 0 bridgehead atoms. The van der Waals surface area contributed by atoms with Crippen molar-refractivity contribution in [1.29, 1.82) is 0 Å². The lowest BCUT2D eigenvalue weighted by atomic mass is 10.0. The Kier molecular flexibility index (Phi) is 8.76. The van der Waals surface area contributed by atoms with Crippen molar-refractivity contribution in [2.24, 2.45) is 25.9 Å². The molecule has 1 saturated heterocycles. The summed E-state index contributed by atoms with van der Waals surface area (Å²) >= 11 is 7.31. The van der Waals surface area contributed by atoms with E-state index in [-0.39, 0.29) is 35.8 Å². The third-order valence-electron chi connectivity index (χ3n) is 8.63. The largest absolute Gasteiger partial charge is 0.377 e. The number of amides is 1. The summed E-state index contributed by atoms with van der Waals surface area (Å²) in [6.07, 6.45) is 6.00. The number of hydrogen-bond donors (Lipinski definition) is 2. The first-order valence-electron chi connectivity index (χ1n) is 14.1. The van der Waals surface area contributed by atoms with E-state index in [2.05, 4.69) is 37.2 Å². The summed E-state index contributed by atoms with van der Waals surface area (Å²) in [4.78, 5) is 38.1. The fraction of sp³-hybridized carbons (Fsp3) is 0.452. The second kappa shape index (κ2) is 12.2. The standard InChI is InChI=1S/C30H35ClN8O2S.CH4/c1-16-10-21(17(2)32-24-6-7-25(31)33-27(24)28(40)36-42-5)26-22(11-16)29(41)38(4)30(34-26)39-14-19-12-18(13-20(19)15-39)23-8-9-37(3)35-23;/h6-11,17-20,32H,12-15H2,1-5H3,(H,36,40);1H4. The smallest absolute Gasteiger partial charge is 0.281 e. The van der Waals surface area contributed by atoms with Gasteiger partial charge < -0.3 is 10.2 Å². The third kappa shape index (κ3) is 5.84. The highest BCUT2D eigenvalue weighted by Gasteiger charge is 2.43. The molecule has 1 aliphatic carbocycles. The van der Waals surface area contributed by atoms with Gasteiger partial charge in [0.15, 0.2) is 5.69 Å². The van der Waals surface area contributed by atoms with Crippen LogP contribution < -0.4 is 20.5 Å². The Morgan fingerprint density at radius 2 is 1.84 bits per heavy atom. The zero-order valence-electron chi connectivity index (χ0n) is 24.4. The predicted octanol–water partition coefficient (Wildman–Crippen LogP) is 5.47. The second-order valence-corrected chi connectivity index (χ2v) is 12.6. The highest BCUT2D eigenvalue weighted by Crippen LogP contribution is 2.46. The van der Waals surface area contributed by atoms with Crippen molar-refractivity contribution < 1.29 is 4.79 Å². The van der Waals surface area contributed by atoms with E-state index in [1.807, 2.05) is 44.9 Å². The van der Waals surface area contributed by atoms with Gasteiger partial charge in [0.25, 0.3) is 11.5 Å². The summed E-state index contributed by atoms with van der Waals surface area (Å²) in [5.41, 5.74) is 4.38. The minimum Gasteiger partial charge on any atom is -0.377 e. The highest BCUT2D eigenvalue weighted by atomic mass is 35.5. The van der Waals surface area contributed by atoms with E-state index < -0.39 is 0 Å². The van der Waals surface area contributed by atoms with Crippen LogP contribution in [0.5, 0.6) is 0 Å². The number of nitrogens with one attached hydrogen (secondary N) is 2. The van der Waals surface area contributed by atoms with Crippen LogP contribution in [0.1, 0.15) is 66.5 Å². The van der Waals surface area contributed by atoms with Gasteiger partial charge in [0.05, 0.1) is 28.3 Å². The van der Waals surface area contributed by atoms with Crippen molar-refractivity contribution in [2.45, 2.75) is 46.1 Å². The van der Waals surface area contributed by atoms with Crippen LogP contribution in [0.2, 0.25) is 5.15 Å². The minimum atomic E-state index is -0.340. The Morgan fingerprint density at radius 3 is 2.49 bits per heavy atom. The molecule has 10 nitrogen and oxygen atoms in total. The first-order valence-corrected chi connectivity index (χ1v) is 15.7. The molecule has 3 aromatic heterocycles. The van der Waals surface area contributed by atoms with Crippen molar-refractivity contribution in [2.75, 3.05) is 29.6 Å². The Balaban J connectivity index is 0.00000368. The van der Waals surface area contributed by atoms with Crippen LogP contribution in [0.15, 0.2) is 41.3 Å². The number of halogens is 1. The summed E-state index contributed by atoms with van der Waals surface area (Å²) in [7, 11) is 3.78. The summed E-state index contributed by atoms with van der Waals surface area (Å²) in [6.45, 7) is 5.72. The fourth-order valence-corrected chi connectivity index (χ4v) is 7.12. The van der Waals surface area contributed by atoms with Gasteiger partial charge in [-0.3, -0.25) is 23.6 Å². The number of carbonyl (C=O) groups excluding carboxylic acids is 1. The van der Waals surface area contributed by atoms with Gasteiger partial charge in [0.1, 0.15) is 5.15 Å². The number of fused-ring (bicyclic) bond motifs is 2. The maximum absolute atomic E-state index is 13.7. The molecular formula is C31H39ClN8O2S. The summed E-state index contributed by atoms with van der Waals surface area (Å²) < 4.78 is 6.28. The molecule has 2 aliphatic rings. The van der Waals surface area contributed by atoms with Gasteiger partial charge >= 0.3 is 0 Å². The Hall–Kier alpha value is -3.57. The molecule has 1 amide bonds. The van der Waals surface area contributed by atoms with Crippen molar-refractivity contribution >= 4 is 52.0 Å². The zero-order chi connectivity index (χ0) is 29.7. The van der Waals surface area contributed by atoms with E-state index in [1.54, 1.807) is 23.0 Å². The minimum absolute atomic E-state index is 0. The first-order chi connectivity index (χ1) is 20.1. The van der Waals surface area contributed by atoms with E-state index >= 15 is 0 Å². The van der Waals surface area contributed by atoms with E-state index in [9.17, 15) is 9.59 Å². The van der Waals surface area contributed by atoms with Gasteiger partial charge in [0.2, 0.25) is 5.95 Å². The molecule has 12 heteroatoms. The third-order valence-corrected chi connectivity index (χ3v) is 9.23. The molecular weight excluding hydrogens is 584 g/mol. The highest BCUT2D eigenvalue weighted by molar-refractivity contribution is 7.97. The van der Waals surface area contributed by atoms with Crippen molar-refractivity contribution in [3.63, 3.8) is 0 Å². The molecule has 4 heterocycles. The molecule has 6 rings (SSSR count). The predicted molar refractivity (Wildman–Crippen MR) is 175 cm³/mol. The van der Waals surface area contributed by atoms with Crippen LogP contribution in [0, 0.1) is 18.8 Å². The first kappa shape index (κ1) is 30.9. The number of aromatic nitrogens is 5. The Morgan fingerprint density at radius 1 is 1.12 bits per heavy atom. The Labute approximate surface area is 261 Å². The van der Waals surface area contributed by atoms with Gasteiger partial charge in [0, 0.05) is 51.1 Å². The van der Waals surface area contributed by atoms with Crippen LogP contribution in [0.3, 0.4) is 0 Å². The normalized spacial score (nSPS) is 20.1. The van der Waals surface area contributed by atoms with Crippen LogP contribution in [0.4, 0.5) is 11.6 Å². The van der Waals surface area contributed by atoms with Gasteiger partial charge in [-0.15, -0.1) is 0 Å². The summed E-state index contributed by atoms with van der Waals surface area (Å²) in [6, 6.07) is 9.21. The molecule has 2 N–H and O–H groups in total. The lowest BCUT2D eigenvalue weighted by molar-refractivity contribution is 0.0980. The average Bonchev–Trinajstić information content (AvgIpc) is 3.66. The molecule has 43 heavy (non-hydrogen) atoms. The van der Waals surface area contributed by atoms with Crippen LogP contribution in [-0.4, -0.2) is 49.6 Å².